The molecule has 2 atom stereocenters. The van der Waals surface area contributed by atoms with Crippen molar-refractivity contribution in [2.45, 2.75) is 18.3 Å². The molecule has 0 fully saturated rings. The van der Waals surface area contributed by atoms with E-state index in [1.54, 1.807) is 6.92 Å². The zero-order valence-electron chi connectivity index (χ0n) is 9.91. The normalized spacial score (nSPS) is 15.2. The molecule has 0 aliphatic heterocycles. The van der Waals surface area contributed by atoms with E-state index in [2.05, 4.69) is 10.3 Å². The van der Waals surface area contributed by atoms with Crippen LogP contribution >= 0.6 is 0 Å². The summed E-state index contributed by atoms with van der Waals surface area (Å²) in [7, 11) is -1.06. The number of hydrogen-bond donors (Lipinski definition) is 2. The van der Waals surface area contributed by atoms with E-state index in [0.29, 0.717) is 0 Å². The van der Waals surface area contributed by atoms with Crippen molar-refractivity contribution in [3.8, 4) is 0 Å². The summed E-state index contributed by atoms with van der Waals surface area (Å²) in [4.78, 5) is 3.75. The fourth-order valence-corrected chi connectivity index (χ4v) is 1.49. The highest BCUT2D eigenvalue weighted by atomic mass is 32.2. The number of aromatic nitrogens is 1. The van der Waals surface area contributed by atoms with E-state index in [9.17, 15) is 17.4 Å². The van der Waals surface area contributed by atoms with E-state index < -0.39 is 22.5 Å². The molecule has 0 bridgehead atoms. The van der Waals surface area contributed by atoms with Crippen molar-refractivity contribution in [1.82, 2.24) is 4.98 Å². The molecule has 2 unspecified atom stereocenters. The average Bonchev–Trinajstić information content (AvgIpc) is 2.23. The summed E-state index contributed by atoms with van der Waals surface area (Å²) >= 11 is 0. The van der Waals surface area contributed by atoms with Crippen molar-refractivity contribution in [2.75, 3.05) is 23.9 Å². The number of anilines is 2. The predicted octanol–water partition coefficient (Wildman–Crippen LogP) is 1.86. The van der Waals surface area contributed by atoms with Crippen LogP contribution in [0.25, 0.3) is 0 Å². The van der Waals surface area contributed by atoms with Gasteiger partial charge in [-0.2, -0.15) is 13.2 Å². The van der Waals surface area contributed by atoms with Crippen LogP contribution < -0.4 is 11.1 Å². The second kappa shape index (κ2) is 5.55. The highest BCUT2D eigenvalue weighted by Crippen LogP contribution is 2.31. The Kier molecular flexibility index (Phi) is 4.55. The zero-order chi connectivity index (χ0) is 13.9. The van der Waals surface area contributed by atoms with Gasteiger partial charge in [-0.05, 0) is 19.1 Å². The Bertz CT molecular complexity index is 450. The maximum Gasteiger partial charge on any atom is 0.416 e. The minimum absolute atomic E-state index is 0.0274. The first-order valence-corrected chi connectivity index (χ1v) is 6.73. The van der Waals surface area contributed by atoms with Crippen LogP contribution in [0, 0.1) is 0 Å². The lowest BCUT2D eigenvalue weighted by Gasteiger charge is -2.13. The summed E-state index contributed by atoms with van der Waals surface area (Å²) in [5, 5.41) is 2.50. The van der Waals surface area contributed by atoms with Crippen LogP contribution in [0.15, 0.2) is 12.1 Å². The average molecular weight is 281 g/mol. The fraction of sp³-hybridized carbons (Fsp3) is 0.500. The minimum atomic E-state index is -4.47. The van der Waals surface area contributed by atoms with Gasteiger partial charge in [-0.1, -0.05) is 0 Å². The van der Waals surface area contributed by atoms with Crippen LogP contribution in [-0.4, -0.2) is 27.2 Å². The Labute approximate surface area is 105 Å². The van der Waals surface area contributed by atoms with E-state index in [1.807, 2.05) is 0 Å². The molecule has 0 spiro atoms. The largest absolute Gasteiger partial charge is 0.416 e. The van der Waals surface area contributed by atoms with Crippen LogP contribution in [0.3, 0.4) is 0 Å². The molecule has 18 heavy (non-hydrogen) atoms. The molecule has 3 N–H and O–H groups in total. The number of hydrogen-bond acceptors (Lipinski definition) is 4. The monoisotopic (exact) mass is 281 g/mol. The number of nitrogens with two attached hydrogens (primary N) is 1. The van der Waals surface area contributed by atoms with Gasteiger partial charge in [0.25, 0.3) is 0 Å². The van der Waals surface area contributed by atoms with Gasteiger partial charge in [0.1, 0.15) is 11.6 Å². The van der Waals surface area contributed by atoms with E-state index >= 15 is 0 Å². The summed E-state index contributed by atoms with van der Waals surface area (Å²) in [6, 6.07) is 1.65. The maximum atomic E-state index is 12.5. The minimum Gasteiger partial charge on any atom is -0.384 e. The zero-order valence-corrected chi connectivity index (χ0v) is 10.7. The molecular formula is C10H14F3N3OS. The Morgan fingerprint density at radius 3 is 2.61 bits per heavy atom. The van der Waals surface area contributed by atoms with Crippen LogP contribution in [-0.2, 0) is 17.0 Å². The van der Waals surface area contributed by atoms with Crippen molar-refractivity contribution in [3.05, 3.63) is 17.7 Å². The topological polar surface area (TPSA) is 68.0 Å². The van der Waals surface area contributed by atoms with Crippen molar-refractivity contribution in [3.63, 3.8) is 0 Å². The number of rotatable bonds is 4. The van der Waals surface area contributed by atoms with Gasteiger partial charge in [0.2, 0.25) is 0 Å². The SMILES string of the molecule is CC(CNc1cc(C(F)(F)F)cc(N)n1)S(C)=O. The summed E-state index contributed by atoms with van der Waals surface area (Å²) < 4.78 is 48.6. The van der Waals surface area contributed by atoms with Gasteiger partial charge in [0.15, 0.2) is 0 Å². The lowest BCUT2D eigenvalue weighted by Crippen LogP contribution is -2.21. The number of nitrogens with zero attached hydrogens (tertiary/aromatic N) is 1. The quantitative estimate of drug-likeness (QED) is 0.884. The van der Waals surface area contributed by atoms with Gasteiger partial charge < -0.3 is 11.1 Å². The molecule has 1 heterocycles. The number of alkyl halides is 3. The first kappa shape index (κ1) is 14.7. The van der Waals surface area contributed by atoms with Gasteiger partial charge in [0, 0.05) is 28.9 Å². The number of nitrogens with one attached hydrogen (secondary N) is 1. The molecule has 1 aromatic rings. The Morgan fingerprint density at radius 1 is 1.50 bits per heavy atom. The van der Waals surface area contributed by atoms with E-state index in [0.717, 1.165) is 12.1 Å². The molecule has 0 amide bonds. The fourth-order valence-electron chi connectivity index (χ4n) is 1.17. The molecule has 102 valence electrons. The van der Waals surface area contributed by atoms with Gasteiger partial charge >= 0.3 is 6.18 Å². The highest BCUT2D eigenvalue weighted by Gasteiger charge is 2.31. The molecule has 0 aromatic carbocycles. The van der Waals surface area contributed by atoms with Crippen molar-refractivity contribution in [1.29, 1.82) is 0 Å². The van der Waals surface area contributed by atoms with E-state index in [4.69, 9.17) is 5.73 Å². The summed E-state index contributed by atoms with van der Waals surface area (Å²) in [5.41, 5.74) is 4.45. The van der Waals surface area contributed by atoms with Crippen LogP contribution in [0.2, 0.25) is 0 Å². The molecule has 8 heteroatoms. The highest BCUT2D eigenvalue weighted by molar-refractivity contribution is 7.84. The number of pyridine rings is 1. The van der Waals surface area contributed by atoms with Crippen molar-refractivity contribution in [2.24, 2.45) is 0 Å². The third-order valence-electron chi connectivity index (χ3n) is 2.31. The lowest BCUT2D eigenvalue weighted by atomic mass is 10.2. The summed E-state index contributed by atoms with van der Waals surface area (Å²) in [6.45, 7) is 1.98. The second-order valence-electron chi connectivity index (χ2n) is 3.85. The Hall–Kier alpha value is -1.31. The molecule has 0 saturated carbocycles. The maximum absolute atomic E-state index is 12.5. The predicted molar refractivity (Wildman–Crippen MR) is 65.7 cm³/mol. The standard InChI is InChI=1S/C10H14F3N3OS/c1-6(18(2)17)5-15-9-4-7(10(11,12)13)3-8(14)16-9/h3-4,6H,5H2,1-2H3,(H3,14,15,16). The van der Waals surface area contributed by atoms with Crippen molar-refractivity contribution >= 4 is 22.4 Å². The molecule has 0 aliphatic carbocycles. The van der Waals surface area contributed by atoms with Crippen LogP contribution in [0.1, 0.15) is 12.5 Å². The van der Waals surface area contributed by atoms with Crippen LogP contribution in [0.5, 0.6) is 0 Å². The second-order valence-corrected chi connectivity index (χ2v) is 5.66. The van der Waals surface area contributed by atoms with Crippen LogP contribution in [0.4, 0.5) is 24.8 Å². The van der Waals surface area contributed by atoms with Gasteiger partial charge in [-0.25, -0.2) is 4.98 Å². The number of halogens is 3. The van der Waals surface area contributed by atoms with E-state index in [1.165, 1.54) is 6.26 Å². The van der Waals surface area contributed by atoms with E-state index in [-0.39, 0.29) is 23.4 Å². The molecule has 1 aromatic heterocycles. The third-order valence-corrected chi connectivity index (χ3v) is 3.61. The lowest BCUT2D eigenvalue weighted by molar-refractivity contribution is -0.137. The smallest absolute Gasteiger partial charge is 0.384 e. The Balaban J connectivity index is 2.84. The molecule has 0 aliphatic rings. The van der Waals surface area contributed by atoms with Gasteiger partial charge in [-0.3, -0.25) is 4.21 Å². The summed E-state index contributed by atoms with van der Waals surface area (Å²) in [6.07, 6.45) is -2.94. The van der Waals surface area contributed by atoms with Crippen molar-refractivity contribution < 1.29 is 17.4 Å². The molecule has 0 saturated heterocycles. The van der Waals surface area contributed by atoms with Gasteiger partial charge in [0.05, 0.1) is 5.56 Å². The molecule has 0 radical (unpaired) electrons. The molecule has 4 nitrogen and oxygen atoms in total. The first-order chi connectivity index (χ1) is 8.20. The molecule has 1 rings (SSSR count). The third kappa shape index (κ3) is 4.17. The number of nitrogen functional groups attached to an aromatic ring is 1. The summed E-state index contributed by atoms with van der Waals surface area (Å²) in [5.74, 6) is -0.183. The first-order valence-electron chi connectivity index (χ1n) is 5.11. The van der Waals surface area contributed by atoms with Gasteiger partial charge in [-0.15, -0.1) is 0 Å². The Morgan fingerprint density at radius 2 is 2.11 bits per heavy atom. The molecular weight excluding hydrogens is 267 g/mol.